The van der Waals surface area contributed by atoms with Gasteiger partial charge in [-0.05, 0) is 30.2 Å². The first-order chi connectivity index (χ1) is 15.5. The highest BCUT2D eigenvalue weighted by Gasteiger charge is 2.49. The van der Waals surface area contributed by atoms with Crippen molar-refractivity contribution in [2.75, 3.05) is 18.4 Å². The fraction of sp³-hybridized carbons (Fsp3) is 0.458. The number of rotatable bonds is 3. The van der Waals surface area contributed by atoms with Gasteiger partial charge in [0, 0.05) is 30.6 Å². The highest BCUT2D eigenvalue weighted by molar-refractivity contribution is 6.05. The molecule has 3 saturated heterocycles. The second-order valence-corrected chi connectivity index (χ2v) is 9.22. The largest absolute Gasteiger partial charge is 0.340 e. The Balaban J connectivity index is 1.35. The van der Waals surface area contributed by atoms with E-state index in [-0.39, 0.29) is 30.4 Å². The summed E-state index contributed by atoms with van der Waals surface area (Å²) in [5.74, 6) is -1.59. The van der Waals surface area contributed by atoms with E-state index in [0.717, 1.165) is 30.3 Å². The predicted molar refractivity (Wildman–Crippen MR) is 121 cm³/mol. The van der Waals surface area contributed by atoms with Gasteiger partial charge in [-0.1, -0.05) is 43.3 Å². The van der Waals surface area contributed by atoms with Gasteiger partial charge in [0.15, 0.2) is 0 Å². The third-order valence-electron chi connectivity index (χ3n) is 6.87. The maximum Gasteiger partial charge on any atom is 0.229 e. The van der Waals surface area contributed by atoms with Gasteiger partial charge in [0.25, 0.3) is 0 Å². The van der Waals surface area contributed by atoms with Gasteiger partial charge >= 0.3 is 0 Å². The third kappa shape index (κ3) is 3.96. The highest BCUT2D eigenvalue weighted by Crippen LogP contribution is 2.30. The molecule has 0 radical (unpaired) electrons. The molecule has 0 spiro atoms. The maximum atomic E-state index is 13.3. The molecule has 5 rings (SSSR count). The molecule has 0 aromatic heterocycles. The monoisotopic (exact) mass is 435 g/mol. The van der Waals surface area contributed by atoms with Crippen molar-refractivity contribution >= 4 is 34.2 Å². The van der Waals surface area contributed by atoms with Crippen molar-refractivity contribution in [1.29, 1.82) is 0 Å². The van der Waals surface area contributed by atoms with Crippen molar-refractivity contribution in [2.45, 2.75) is 38.6 Å². The standard InChI is InChI=1S/C24H29N5O3/c1-14-6-5-11-29(13-14)24-27-21-20(23(32)28-24)17(12-19(30)26-21)22(31)25-18-10-4-8-15-7-2-3-9-16(15)18/h2-4,7-10,14,17,20-21,24,27H,5-6,11-13H2,1H3,(H,25,31)(H,26,30)(H,28,32). The summed E-state index contributed by atoms with van der Waals surface area (Å²) in [5, 5.41) is 14.2. The van der Waals surface area contributed by atoms with Crippen LogP contribution in [0.1, 0.15) is 26.2 Å². The molecule has 4 N–H and O–H groups in total. The summed E-state index contributed by atoms with van der Waals surface area (Å²) in [5.41, 5.74) is 0.681. The van der Waals surface area contributed by atoms with Crippen LogP contribution in [-0.2, 0) is 14.4 Å². The van der Waals surface area contributed by atoms with Gasteiger partial charge in [-0.3, -0.25) is 24.6 Å². The van der Waals surface area contributed by atoms with Gasteiger partial charge in [-0.2, -0.15) is 0 Å². The van der Waals surface area contributed by atoms with Crippen LogP contribution < -0.4 is 21.3 Å². The van der Waals surface area contributed by atoms with E-state index >= 15 is 0 Å². The molecule has 2 aromatic rings. The van der Waals surface area contributed by atoms with E-state index in [2.05, 4.69) is 33.1 Å². The summed E-state index contributed by atoms with van der Waals surface area (Å²) in [6.07, 6.45) is 1.32. The van der Waals surface area contributed by atoms with Gasteiger partial charge in [-0.25, -0.2) is 0 Å². The van der Waals surface area contributed by atoms with Gasteiger partial charge in [0.05, 0.1) is 18.0 Å². The molecule has 2 aromatic carbocycles. The molecule has 3 aliphatic heterocycles. The van der Waals surface area contributed by atoms with E-state index in [4.69, 9.17) is 0 Å². The number of nitrogens with zero attached hydrogens (tertiary/aromatic N) is 1. The highest BCUT2D eigenvalue weighted by atomic mass is 16.2. The van der Waals surface area contributed by atoms with Crippen molar-refractivity contribution < 1.29 is 14.4 Å². The summed E-state index contributed by atoms with van der Waals surface area (Å²) in [6.45, 7) is 3.97. The van der Waals surface area contributed by atoms with Crippen molar-refractivity contribution in [3.05, 3.63) is 42.5 Å². The van der Waals surface area contributed by atoms with Crippen LogP contribution in [-0.4, -0.2) is 48.2 Å². The van der Waals surface area contributed by atoms with E-state index in [1.165, 1.54) is 6.42 Å². The predicted octanol–water partition coefficient (Wildman–Crippen LogP) is 1.59. The molecule has 3 heterocycles. The summed E-state index contributed by atoms with van der Waals surface area (Å²) < 4.78 is 0. The molecular formula is C24H29N5O3. The van der Waals surface area contributed by atoms with Crippen LogP contribution in [0.3, 0.4) is 0 Å². The number of nitrogens with one attached hydrogen (secondary N) is 4. The van der Waals surface area contributed by atoms with E-state index in [1.807, 2.05) is 42.5 Å². The van der Waals surface area contributed by atoms with E-state index in [0.29, 0.717) is 11.6 Å². The van der Waals surface area contributed by atoms with Crippen LogP contribution in [0.15, 0.2) is 42.5 Å². The molecule has 8 nitrogen and oxygen atoms in total. The number of benzene rings is 2. The van der Waals surface area contributed by atoms with Crippen molar-refractivity contribution in [3.8, 4) is 0 Å². The minimum atomic E-state index is -0.749. The van der Waals surface area contributed by atoms with Crippen molar-refractivity contribution in [3.63, 3.8) is 0 Å². The van der Waals surface area contributed by atoms with Crippen LogP contribution >= 0.6 is 0 Å². The molecular weight excluding hydrogens is 406 g/mol. The first-order valence-corrected chi connectivity index (χ1v) is 11.4. The van der Waals surface area contributed by atoms with Crippen LogP contribution in [0.4, 0.5) is 5.69 Å². The Hall–Kier alpha value is -2.97. The van der Waals surface area contributed by atoms with Gasteiger partial charge in [0.1, 0.15) is 6.29 Å². The molecule has 3 fully saturated rings. The zero-order chi connectivity index (χ0) is 22.2. The number of carbonyl (C=O) groups excluding carboxylic acids is 3. The lowest BCUT2D eigenvalue weighted by molar-refractivity contribution is -0.148. The topological polar surface area (TPSA) is 103 Å². The van der Waals surface area contributed by atoms with Gasteiger partial charge in [-0.15, -0.1) is 0 Å². The normalized spacial score (nSPS) is 30.8. The number of hydrogen-bond acceptors (Lipinski definition) is 5. The van der Waals surface area contributed by atoms with Crippen LogP contribution in [0.25, 0.3) is 10.8 Å². The molecule has 0 aliphatic carbocycles. The number of amides is 3. The Morgan fingerprint density at radius 1 is 1.09 bits per heavy atom. The quantitative estimate of drug-likeness (QED) is 0.587. The summed E-state index contributed by atoms with van der Waals surface area (Å²) in [6, 6.07) is 13.5. The minimum absolute atomic E-state index is 0.0156. The molecule has 3 amide bonds. The number of piperidine rings is 2. The van der Waals surface area contributed by atoms with Gasteiger partial charge in [0.2, 0.25) is 17.7 Å². The molecule has 168 valence electrons. The number of hydrogen-bond donors (Lipinski definition) is 4. The Morgan fingerprint density at radius 3 is 2.75 bits per heavy atom. The van der Waals surface area contributed by atoms with Crippen LogP contribution in [0, 0.1) is 17.8 Å². The SMILES string of the molecule is CC1CCCN(C2NC(=O)C3C(NC(=O)CC3C(=O)Nc3cccc4ccccc34)N2)C1. The van der Waals surface area contributed by atoms with Crippen LogP contribution in [0.5, 0.6) is 0 Å². The minimum Gasteiger partial charge on any atom is -0.340 e. The molecule has 5 atom stereocenters. The van der Waals surface area contributed by atoms with Crippen molar-refractivity contribution in [2.24, 2.45) is 17.8 Å². The molecule has 8 heteroatoms. The average molecular weight is 436 g/mol. The second kappa shape index (κ2) is 8.52. The Bertz CT molecular complexity index is 1050. The summed E-state index contributed by atoms with van der Waals surface area (Å²) >= 11 is 0. The summed E-state index contributed by atoms with van der Waals surface area (Å²) in [7, 11) is 0. The third-order valence-corrected chi connectivity index (χ3v) is 6.87. The Morgan fingerprint density at radius 2 is 1.91 bits per heavy atom. The van der Waals surface area contributed by atoms with Crippen LogP contribution in [0.2, 0.25) is 0 Å². The first kappa shape index (κ1) is 20.9. The number of likely N-dealkylation sites (tertiary alicyclic amines) is 1. The smallest absolute Gasteiger partial charge is 0.229 e. The zero-order valence-electron chi connectivity index (χ0n) is 18.1. The number of fused-ring (bicyclic) bond motifs is 2. The molecule has 0 bridgehead atoms. The zero-order valence-corrected chi connectivity index (χ0v) is 18.1. The molecule has 0 saturated carbocycles. The Labute approximate surface area is 187 Å². The fourth-order valence-corrected chi connectivity index (χ4v) is 5.28. The average Bonchev–Trinajstić information content (AvgIpc) is 2.78. The lowest BCUT2D eigenvalue weighted by Crippen LogP contribution is -2.74. The van der Waals surface area contributed by atoms with Gasteiger partial charge < -0.3 is 16.0 Å². The lowest BCUT2D eigenvalue weighted by Gasteiger charge is -2.47. The Kier molecular flexibility index (Phi) is 5.57. The lowest BCUT2D eigenvalue weighted by atomic mass is 9.81. The van der Waals surface area contributed by atoms with E-state index < -0.39 is 18.0 Å². The molecule has 5 unspecified atom stereocenters. The van der Waals surface area contributed by atoms with E-state index in [9.17, 15) is 14.4 Å². The first-order valence-electron chi connectivity index (χ1n) is 11.4. The molecule has 3 aliphatic rings. The van der Waals surface area contributed by atoms with Crippen molar-refractivity contribution in [1.82, 2.24) is 20.9 Å². The molecule has 32 heavy (non-hydrogen) atoms. The summed E-state index contributed by atoms with van der Waals surface area (Å²) in [4.78, 5) is 41.1. The maximum absolute atomic E-state index is 13.3. The number of anilines is 1. The van der Waals surface area contributed by atoms with E-state index in [1.54, 1.807) is 0 Å². The number of carbonyl (C=O) groups is 3. The fourth-order valence-electron chi connectivity index (χ4n) is 5.28. The second-order valence-electron chi connectivity index (χ2n) is 9.22.